The standard InChI is InChI=1S/C19H15FN2O3S/c1-12-6-8-14(9-7-12)21-17(23)11-22-18(24)16(26-19(22)25)10-13-4-2-3-5-15(13)20/h2-10H,11H2,1H3,(H,21,23). The molecule has 1 N–H and O–H groups in total. The van der Waals surface area contributed by atoms with E-state index in [2.05, 4.69) is 5.32 Å². The highest BCUT2D eigenvalue weighted by atomic mass is 32.2. The number of hydrogen-bond donors (Lipinski definition) is 1. The lowest BCUT2D eigenvalue weighted by Crippen LogP contribution is -2.36. The van der Waals surface area contributed by atoms with E-state index in [1.54, 1.807) is 18.2 Å². The predicted molar refractivity (Wildman–Crippen MR) is 98.9 cm³/mol. The average Bonchev–Trinajstić information content (AvgIpc) is 2.86. The molecular weight excluding hydrogens is 355 g/mol. The van der Waals surface area contributed by atoms with E-state index in [1.165, 1.54) is 24.3 Å². The van der Waals surface area contributed by atoms with Gasteiger partial charge in [0.05, 0.1) is 4.91 Å². The van der Waals surface area contributed by atoms with Crippen molar-refractivity contribution in [1.29, 1.82) is 0 Å². The Bertz CT molecular complexity index is 909. The summed E-state index contributed by atoms with van der Waals surface area (Å²) in [6.07, 6.45) is 1.32. The van der Waals surface area contributed by atoms with Gasteiger partial charge in [-0.25, -0.2) is 4.39 Å². The van der Waals surface area contributed by atoms with Crippen LogP contribution < -0.4 is 5.32 Å². The maximum absolute atomic E-state index is 13.7. The molecule has 1 fully saturated rings. The maximum atomic E-state index is 13.7. The molecule has 0 radical (unpaired) electrons. The first-order valence-electron chi connectivity index (χ1n) is 7.80. The Kier molecular flexibility index (Phi) is 5.18. The number of carbonyl (C=O) groups is 3. The molecule has 26 heavy (non-hydrogen) atoms. The molecular formula is C19H15FN2O3S. The molecule has 2 aromatic rings. The third kappa shape index (κ3) is 4.00. The molecule has 0 aliphatic carbocycles. The van der Waals surface area contributed by atoms with Gasteiger partial charge in [-0.15, -0.1) is 0 Å². The minimum Gasteiger partial charge on any atom is -0.325 e. The molecule has 0 aromatic heterocycles. The maximum Gasteiger partial charge on any atom is 0.294 e. The van der Waals surface area contributed by atoms with Crippen LogP contribution in [-0.2, 0) is 9.59 Å². The number of carbonyl (C=O) groups excluding carboxylic acids is 3. The van der Waals surface area contributed by atoms with Crippen molar-refractivity contribution in [2.24, 2.45) is 0 Å². The second-order valence-corrected chi connectivity index (χ2v) is 6.70. The number of thioether (sulfide) groups is 1. The Morgan fingerprint density at radius 1 is 1.15 bits per heavy atom. The van der Waals surface area contributed by atoms with E-state index in [0.717, 1.165) is 10.5 Å². The summed E-state index contributed by atoms with van der Waals surface area (Å²) in [5.74, 6) is -1.58. The zero-order valence-electron chi connectivity index (χ0n) is 13.9. The summed E-state index contributed by atoms with van der Waals surface area (Å²) in [5.41, 5.74) is 1.84. The van der Waals surface area contributed by atoms with Crippen LogP contribution in [0.5, 0.6) is 0 Å². The third-order valence-corrected chi connectivity index (χ3v) is 4.61. The van der Waals surface area contributed by atoms with Gasteiger partial charge in [0.2, 0.25) is 5.91 Å². The molecule has 1 heterocycles. The molecule has 0 bridgehead atoms. The largest absolute Gasteiger partial charge is 0.325 e. The first-order chi connectivity index (χ1) is 12.4. The summed E-state index contributed by atoms with van der Waals surface area (Å²) in [7, 11) is 0. The lowest BCUT2D eigenvalue weighted by molar-refractivity contribution is -0.127. The number of hydrogen-bond acceptors (Lipinski definition) is 4. The number of benzene rings is 2. The van der Waals surface area contributed by atoms with Crippen LogP contribution in [-0.4, -0.2) is 28.5 Å². The molecule has 132 valence electrons. The van der Waals surface area contributed by atoms with E-state index in [-0.39, 0.29) is 10.5 Å². The number of halogens is 1. The van der Waals surface area contributed by atoms with Crippen LogP contribution >= 0.6 is 11.8 Å². The summed E-state index contributed by atoms with van der Waals surface area (Å²) < 4.78 is 13.7. The van der Waals surface area contributed by atoms with Gasteiger partial charge < -0.3 is 5.32 Å². The van der Waals surface area contributed by atoms with Crippen molar-refractivity contribution in [3.05, 3.63) is 70.4 Å². The summed E-state index contributed by atoms with van der Waals surface area (Å²) in [6.45, 7) is 1.53. The monoisotopic (exact) mass is 370 g/mol. The molecule has 1 saturated heterocycles. The Labute approximate surface area is 153 Å². The molecule has 1 aliphatic heterocycles. The van der Waals surface area contributed by atoms with E-state index in [0.29, 0.717) is 17.4 Å². The zero-order valence-corrected chi connectivity index (χ0v) is 14.7. The molecule has 0 atom stereocenters. The van der Waals surface area contributed by atoms with Gasteiger partial charge in [-0.2, -0.15) is 0 Å². The van der Waals surface area contributed by atoms with Crippen molar-refractivity contribution < 1.29 is 18.8 Å². The predicted octanol–water partition coefficient (Wildman–Crippen LogP) is 3.81. The number of nitrogens with one attached hydrogen (secondary N) is 1. The first-order valence-corrected chi connectivity index (χ1v) is 8.62. The fourth-order valence-electron chi connectivity index (χ4n) is 2.35. The van der Waals surface area contributed by atoms with Crippen LogP contribution in [0.4, 0.5) is 14.9 Å². The number of rotatable bonds is 4. The SMILES string of the molecule is Cc1ccc(NC(=O)CN2C(=O)SC(=Cc3ccccc3F)C2=O)cc1. The average molecular weight is 370 g/mol. The number of aryl methyl sites for hydroxylation is 1. The van der Waals surface area contributed by atoms with Crippen molar-refractivity contribution in [2.75, 3.05) is 11.9 Å². The Morgan fingerprint density at radius 2 is 1.85 bits per heavy atom. The number of anilines is 1. The molecule has 2 aromatic carbocycles. The van der Waals surface area contributed by atoms with E-state index < -0.39 is 29.4 Å². The van der Waals surface area contributed by atoms with E-state index in [4.69, 9.17) is 0 Å². The van der Waals surface area contributed by atoms with Gasteiger partial charge in [-0.05, 0) is 43.0 Å². The van der Waals surface area contributed by atoms with Gasteiger partial charge in [0.15, 0.2) is 0 Å². The zero-order chi connectivity index (χ0) is 18.7. The van der Waals surface area contributed by atoms with E-state index >= 15 is 0 Å². The summed E-state index contributed by atoms with van der Waals surface area (Å²) in [4.78, 5) is 37.5. The van der Waals surface area contributed by atoms with Crippen LogP contribution in [0.15, 0.2) is 53.4 Å². The highest BCUT2D eigenvalue weighted by molar-refractivity contribution is 8.18. The van der Waals surface area contributed by atoms with Crippen molar-refractivity contribution in [3.63, 3.8) is 0 Å². The number of imide groups is 1. The fraction of sp³-hybridized carbons (Fsp3) is 0.105. The van der Waals surface area contributed by atoms with Crippen LogP contribution in [0.25, 0.3) is 6.08 Å². The van der Waals surface area contributed by atoms with Crippen LogP contribution in [0.1, 0.15) is 11.1 Å². The van der Waals surface area contributed by atoms with Crippen molar-refractivity contribution in [2.45, 2.75) is 6.92 Å². The van der Waals surface area contributed by atoms with Gasteiger partial charge in [0, 0.05) is 11.3 Å². The molecule has 3 amide bonds. The second-order valence-electron chi connectivity index (χ2n) is 5.70. The molecule has 3 rings (SSSR count). The fourth-order valence-corrected chi connectivity index (χ4v) is 3.18. The van der Waals surface area contributed by atoms with Crippen LogP contribution in [0, 0.1) is 12.7 Å². The van der Waals surface area contributed by atoms with Gasteiger partial charge in [0.1, 0.15) is 12.4 Å². The summed E-state index contributed by atoms with van der Waals surface area (Å²) >= 11 is 0.687. The highest BCUT2D eigenvalue weighted by Gasteiger charge is 2.36. The minimum absolute atomic E-state index is 0.0863. The second kappa shape index (κ2) is 7.53. The summed E-state index contributed by atoms with van der Waals surface area (Å²) in [5, 5.41) is 2.08. The highest BCUT2D eigenvalue weighted by Crippen LogP contribution is 2.32. The normalized spacial score (nSPS) is 15.6. The third-order valence-electron chi connectivity index (χ3n) is 3.70. The smallest absolute Gasteiger partial charge is 0.294 e. The molecule has 0 saturated carbocycles. The Morgan fingerprint density at radius 3 is 2.54 bits per heavy atom. The van der Waals surface area contributed by atoms with Gasteiger partial charge in [-0.3, -0.25) is 19.3 Å². The lowest BCUT2D eigenvalue weighted by atomic mass is 10.2. The van der Waals surface area contributed by atoms with E-state index in [1.807, 2.05) is 19.1 Å². The summed E-state index contributed by atoms with van der Waals surface area (Å²) in [6, 6.07) is 13.1. The van der Waals surface area contributed by atoms with Crippen molar-refractivity contribution in [1.82, 2.24) is 4.90 Å². The quantitative estimate of drug-likeness (QED) is 0.831. The molecule has 5 nitrogen and oxygen atoms in total. The molecule has 0 spiro atoms. The van der Waals surface area contributed by atoms with E-state index in [9.17, 15) is 18.8 Å². The minimum atomic E-state index is -0.609. The molecule has 0 unspecified atom stereocenters. The number of amides is 3. The molecule has 7 heteroatoms. The Balaban J connectivity index is 1.70. The van der Waals surface area contributed by atoms with Crippen molar-refractivity contribution >= 4 is 40.6 Å². The topological polar surface area (TPSA) is 66.5 Å². The van der Waals surface area contributed by atoms with Gasteiger partial charge >= 0.3 is 0 Å². The lowest BCUT2D eigenvalue weighted by Gasteiger charge is -2.12. The first kappa shape index (κ1) is 17.9. The number of nitrogens with zero attached hydrogens (tertiary/aromatic N) is 1. The molecule has 1 aliphatic rings. The van der Waals surface area contributed by atoms with Gasteiger partial charge in [-0.1, -0.05) is 35.9 Å². The van der Waals surface area contributed by atoms with Crippen LogP contribution in [0.2, 0.25) is 0 Å². The Hall–Kier alpha value is -2.93. The van der Waals surface area contributed by atoms with Crippen LogP contribution in [0.3, 0.4) is 0 Å². The van der Waals surface area contributed by atoms with Crippen molar-refractivity contribution in [3.8, 4) is 0 Å². The van der Waals surface area contributed by atoms with Gasteiger partial charge in [0.25, 0.3) is 11.1 Å².